The highest BCUT2D eigenvalue weighted by molar-refractivity contribution is 5.98. The van der Waals surface area contributed by atoms with E-state index in [0.29, 0.717) is 12.1 Å². The van der Waals surface area contributed by atoms with Crippen molar-refractivity contribution in [2.24, 2.45) is 0 Å². The minimum Gasteiger partial charge on any atom is -0.294 e. The molecular weight excluding hydrogens is 350 g/mol. The van der Waals surface area contributed by atoms with Crippen LogP contribution in [0.1, 0.15) is 33.1 Å². The molecule has 0 saturated heterocycles. The number of carbonyl (C=O) groups is 1. The molecule has 3 aromatic heterocycles. The summed E-state index contributed by atoms with van der Waals surface area (Å²) in [5.74, 6) is 0.0407. The van der Waals surface area contributed by atoms with Gasteiger partial charge in [-0.2, -0.15) is 10.2 Å². The molecule has 0 fully saturated rings. The summed E-state index contributed by atoms with van der Waals surface area (Å²) in [6, 6.07) is 17.1. The molecule has 0 spiro atoms. The second kappa shape index (κ2) is 7.60. The Hall–Kier alpha value is -3.54. The van der Waals surface area contributed by atoms with Gasteiger partial charge in [0.25, 0.3) is 0 Å². The predicted molar refractivity (Wildman–Crippen MR) is 107 cm³/mol. The van der Waals surface area contributed by atoms with E-state index in [9.17, 15) is 4.79 Å². The Morgan fingerprint density at radius 1 is 1.07 bits per heavy atom. The number of carbonyl (C=O) groups excluding carboxylic acids is 1. The average molecular weight is 371 g/mol. The lowest BCUT2D eigenvalue weighted by molar-refractivity contribution is 0.0992. The van der Waals surface area contributed by atoms with Gasteiger partial charge in [-0.1, -0.05) is 30.3 Å². The average Bonchev–Trinajstić information content (AvgIpc) is 3.29. The van der Waals surface area contributed by atoms with Crippen LogP contribution in [0.3, 0.4) is 0 Å². The van der Waals surface area contributed by atoms with Gasteiger partial charge in [-0.3, -0.25) is 19.6 Å². The van der Waals surface area contributed by atoms with E-state index in [0.717, 1.165) is 34.0 Å². The molecule has 0 aliphatic heterocycles. The summed E-state index contributed by atoms with van der Waals surface area (Å²) < 4.78 is 1.94. The number of aromatic amines is 1. The van der Waals surface area contributed by atoms with Gasteiger partial charge in [-0.05, 0) is 38.1 Å². The molecule has 3 heterocycles. The van der Waals surface area contributed by atoms with Crippen LogP contribution in [0, 0.1) is 13.8 Å². The fourth-order valence-corrected chi connectivity index (χ4v) is 3.27. The Balaban J connectivity index is 1.58. The summed E-state index contributed by atoms with van der Waals surface area (Å²) in [4.78, 5) is 17.0. The molecule has 6 heteroatoms. The number of ketones is 1. The van der Waals surface area contributed by atoms with Crippen LogP contribution in [0.4, 0.5) is 0 Å². The maximum Gasteiger partial charge on any atom is 0.168 e. The quantitative estimate of drug-likeness (QED) is 0.524. The molecule has 0 radical (unpaired) electrons. The molecule has 1 N–H and O–H groups in total. The monoisotopic (exact) mass is 371 g/mol. The molecule has 0 aliphatic rings. The number of hydrogen-bond acceptors (Lipinski definition) is 4. The first-order valence-corrected chi connectivity index (χ1v) is 9.18. The lowest BCUT2D eigenvalue weighted by Crippen LogP contribution is -2.06. The summed E-state index contributed by atoms with van der Waals surface area (Å²) >= 11 is 0. The zero-order chi connectivity index (χ0) is 19.5. The van der Waals surface area contributed by atoms with E-state index in [1.165, 1.54) is 0 Å². The molecule has 1 aromatic carbocycles. The second-order valence-corrected chi connectivity index (χ2v) is 6.83. The van der Waals surface area contributed by atoms with Crippen molar-refractivity contribution in [3.63, 3.8) is 0 Å². The van der Waals surface area contributed by atoms with Crippen molar-refractivity contribution < 1.29 is 4.79 Å². The molecule has 4 rings (SSSR count). The first kappa shape index (κ1) is 17.9. The highest BCUT2D eigenvalue weighted by atomic mass is 16.1. The summed E-state index contributed by atoms with van der Waals surface area (Å²) in [7, 11) is 0. The third kappa shape index (κ3) is 3.76. The topological polar surface area (TPSA) is 76.5 Å². The van der Waals surface area contributed by atoms with Crippen LogP contribution in [0.2, 0.25) is 0 Å². The van der Waals surface area contributed by atoms with Gasteiger partial charge in [0.15, 0.2) is 5.78 Å². The van der Waals surface area contributed by atoms with Gasteiger partial charge >= 0.3 is 0 Å². The first-order valence-electron chi connectivity index (χ1n) is 9.18. The standard InChI is InChI=1S/C22H21N5O/c1-15-11-16(2)27(26-15)14-18-12-21(25-24-18)19-9-6-10-23-20(19)13-22(28)17-7-4-3-5-8-17/h3-12H,13-14H2,1-2H3,(H,24,25). The smallest absolute Gasteiger partial charge is 0.168 e. The van der Waals surface area contributed by atoms with E-state index in [4.69, 9.17) is 0 Å². The largest absolute Gasteiger partial charge is 0.294 e. The highest BCUT2D eigenvalue weighted by Gasteiger charge is 2.15. The normalized spacial score (nSPS) is 10.9. The zero-order valence-corrected chi connectivity index (χ0v) is 15.9. The van der Waals surface area contributed by atoms with Crippen molar-refractivity contribution in [2.75, 3.05) is 0 Å². The van der Waals surface area contributed by atoms with E-state index >= 15 is 0 Å². The maximum absolute atomic E-state index is 12.6. The zero-order valence-electron chi connectivity index (χ0n) is 15.9. The molecule has 0 aliphatic carbocycles. The number of Topliss-reactive ketones (excluding diaryl/α,β-unsaturated/α-hetero) is 1. The SMILES string of the molecule is Cc1cc(C)n(Cc2cc(-c3cccnc3CC(=O)c3ccccc3)n[nH]2)n1. The Morgan fingerprint density at radius 2 is 1.89 bits per heavy atom. The van der Waals surface area contributed by atoms with Crippen LogP contribution in [-0.4, -0.2) is 30.7 Å². The number of H-pyrrole nitrogens is 1. The molecule has 28 heavy (non-hydrogen) atoms. The fraction of sp³-hybridized carbons (Fsp3) is 0.182. The summed E-state index contributed by atoms with van der Waals surface area (Å²) in [5, 5.41) is 12.0. The lowest BCUT2D eigenvalue weighted by Gasteiger charge is -2.06. The Morgan fingerprint density at radius 3 is 2.64 bits per heavy atom. The Kier molecular flexibility index (Phi) is 4.85. The van der Waals surface area contributed by atoms with E-state index in [-0.39, 0.29) is 12.2 Å². The Labute approximate surface area is 163 Å². The molecule has 0 bridgehead atoms. The lowest BCUT2D eigenvalue weighted by atomic mass is 10.0. The predicted octanol–water partition coefficient (Wildman–Crippen LogP) is 3.76. The number of nitrogens with zero attached hydrogens (tertiary/aromatic N) is 4. The second-order valence-electron chi connectivity index (χ2n) is 6.83. The van der Waals surface area contributed by atoms with E-state index in [1.807, 2.05) is 73.1 Å². The molecule has 4 aromatic rings. The van der Waals surface area contributed by atoms with Gasteiger partial charge in [0.05, 0.1) is 35.7 Å². The first-order chi connectivity index (χ1) is 13.6. The number of aryl methyl sites for hydroxylation is 2. The Bertz CT molecular complexity index is 1110. The molecule has 140 valence electrons. The van der Waals surface area contributed by atoms with Gasteiger partial charge in [-0.15, -0.1) is 0 Å². The summed E-state index contributed by atoms with van der Waals surface area (Å²) in [6.45, 7) is 4.63. The van der Waals surface area contributed by atoms with Crippen molar-refractivity contribution in [1.29, 1.82) is 0 Å². The van der Waals surface area contributed by atoms with Crippen LogP contribution < -0.4 is 0 Å². The van der Waals surface area contributed by atoms with Gasteiger partial charge in [-0.25, -0.2) is 0 Å². The number of aromatic nitrogens is 5. The van der Waals surface area contributed by atoms with Gasteiger partial charge in [0.2, 0.25) is 0 Å². The summed E-state index contributed by atoms with van der Waals surface area (Å²) in [5.41, 5.74) is 6.09. The number of hydrogen-bond donors (Lipinski definition) is 1. The third-order valence-corrected chi connectivity index (χ3v) is 4.64. The van der Waals surface area contributed by atoms with Gasteiger partial charge < -0.3 is 0 Å². The summed E-state index contributed by atoms with van der Waals surface area (Å²) in [6.07, 6.45) is 1.94. The van der Waals surface area contributed by atoms with Gasteiger partial charge in [0, 0.05) is 23.0 Å². The number of pyridine rings is 1. The molecule has 0 unspecified atom stereocenters. The van der Waals surface area contributed by atoms with Crippen molar-refractivity contribution in [1.82, 2.24) is 25.0 Å². The highest BCUT2D eigenvalue weighted by Crippen LogP contribution is 2.22. The third-order valence-electron chi connectivity index (χ3n) is 4.64. The van der Waals surface area contributed by atoms with Crippen LogP contribution in [-0.2, 0) is 13.0 Å². The number of benzene rings is 1. The van der Waals surface area contributed by atoms with Crippen molar-refractivity contribution in [3.05, 3.63) is 89.1 Å². The van der Waals surface area contributed by atoms with E-state index < -0.39 is 0 Å². The van der Waals surface area contributed by atoms with Crippen LogP contribution in [0.5, 0.6) is 0 Å². The molecule has 0 atom stereocenters. The number of nitrogens with one attached hydrogen (secondary N) is 1. The molecule has 0 saturated carbocycles. The van der Waals surface area contributed by atoms with Crippen LogP contribution in [0.15, 0.2) is 60.8 Å². The van der Waals surface area contributed by atoms with E-state index in [1.54, 1.807) is 6.20 Å². The fourth-order valence-electron chi connectivity index (χ4n) is 3.27. The minimum absolute atomic E-state index is 0.0407. The van der Waals surface area contributed by atoms with Gasteiger partial charge in [0.1, 0.15) is 0 Å². The minimum atomic E-state index is 0.0407. The maximum atomic E-state index is 12.6. The van der Waals surface area contributed by atoms with E-state index in [2.05, 4.69) is 20.3 Å². The van der Waals surface area contributed by atoms with Crippen LogP contribution in [0.25, 0.3) is 11.3 Å². The number of rotatable bonds is 6. The molecular formula is C22H21N5O. The van der Waals surface area contributed by atoms with Crippen LogP contribution >= 0.6 is 0 Å². The molecule has 6 nitrogen and oxygen atoms in total. The van der Waals surface area contributed by atoms with Crippen molar-refractivity contribution in [3.8, 4) is 11.3 Å². The molecule has 0 amide bonds. The van der Waals surface area contributed by atoms with Crippen molar-refractivity contribution in [2.45, 2.75) is 26.8 Å². The van der Waals surface area contributed by atoms with Crippen molar-refractivity contribution >= 4 is 5.78 Å².